The van der Waals surface area contributed by atoms with E-state index in [1.54, 1.807) is 24.3 Å². The van der Waals surface area contributed by atoms with Crippen molar-refractivity contribution in [3.63, 3.8) is 0 Å². The quantitative estimate of drug-likeness (QED) is 0.715. The lowest BCUT2D eigenvalue weighted by atomic mass is 9.73. The Bertz CT molecular complexity index is 1110. The predicted molar refractivity (Wildman–Crippen MR) is 100 cm³/mol. The number of allylic oxidation sites excluding steroid dienone is 2. The summed E-state index contributed by atoms with van der Waals surface area (Å²) in [5.41, 5.74) is 2.99. The van der Waals surface area contributed by atoms with Crippen LogP contribution < -0.4 is 5.32 Å². The summed E-state index contributed by atoms with van der Waals surface area (Å²) in [5, 5.41) is 3.01. The van der Waals surface area contributed by atoms with Crippen LogP contribution in [0.5, 0.6) is 0 Å². The maximum Gasteiger partial charge on any atom is 0.337 e. The molecule has 0 saturated heterocycles. The summed E-state index contributed by atoms with van der Waals surface area (Å²) in [6.07, 6.45) is 0. The molecule has 1 atom stereocenters. The molecule has 2 heterocycles. The Morgan fingerprint density at radius 1 is 0.889 bits per heavy atom. The standard InChI is InChI=1S/C21H12BrNO4/c22-11-7-5-10(6-8-11)15-16-14(9-27-21(16)26)23-18-17(15)19(24)12-3-1-2-4-13(12)20(18)25/h1-8,15,23H,9H2. The van der Waals surface area contributed by atoms with Crippen molar-refractivity contribution in [2.45, 2.75) is 5.92 Å². The van der Waals surface area contributed by atoms with Gasteiger partial charge < -0.3 is 10.1 Å². The number of nitrogens with one attached hydrogen (secondary N) is 1. The van der Waals surface area contributed by atoms with Gasteiger partial charge in [0.2, 0.25) is 5.78 Å². The highest BCUT2D eigenvalue weighted by Crippen LogP contribution is 2.44. The zero-order chi connectivity index (χ0) is 18.7. The zero-order valence-electron chi connectivity index (χ0n) is 13.9. The molecule has 5 nitrogen and oxygen atoms in total. The predicted octanol–water partition coefficient (Wildman–Crippen LogP) is 3.28. The SMILES string of the molecule is O=C1OCC2=C1C(c1ccc(Br)cc1)C1=C(N2)C(=O)c2ccccc2C1=O. The molecule has 27 heavy (non-hydrogen) atoms. The molecule has 1 N–H and O–H groups in total. The summed E-state index contributed by atoms with van der Waals surface area (Å²) in [5.74, 6) is -1.58. The van der Waals surface area contributed by atoms with Gasteiger partial charge in [-0.25, -0.2) is 4.79 Å². The van der Waals surface area contributed by atoms with Gasteiger partial charge in [0.15, 0.2) is 5.78 Å². The molecule has 1 unspecified atom stereocenters. The molecule has 6 heteroatoms. The van der Waals surface area contributed by atoms with Crippen molar-refractivity contribution < 1.29 is 19.1 Å². The van der Waals surface area contributed by atoms with Gasteiger partial charge in [0.1, 0.15) is 6.61 Å². The van der Waals surface area contributed by atoms with Crippen LogP contribution in [0.4, 0.5) is 0 Å². The second kappa shape index (κ2) is 5.76. The van der Waals surface area contributed by atoms with Crippen LogP contribution in [0, 0.1) is 0 Å². The fourth-order valence-electron chi connectivity index (χ4n) is 3.89. The largest absolute Gasteiger partial charge is 0.456 e. The van der Waals surface area contributed by atoms with Crippen LogP contribution in [0.1, 0.15) is 32.2 Å². The average Bonchev–Trinajstić information content (AvgIpc) is 3.06. The van der Waals surface area contributed by atoms with Gasteiger partial charge in [-0.1, -0.05) is 52.3 Å². The van der Waals surface area contributed by atoms with Crippen molar-refractivity contribution in [2.24, 2.45) is 0 Å². The number of carbonyl (C=O) groups excluding carboxylic acids is 3. The van der Waals surface area contributed by atoms with Gasteiger partial charge in [0, 0.05) is 27.1 Å². The minimum atomic E-state index is -0.635. The van der Waals surface area contributed by atoms with E-state index >= 15 is 0 Å². The van der Waals surface area contributed by atoms with Gasteiger partial charge in [-0.2, -0.15) is 0 Å². The number of carbonyl (C=O) groups is 3. The molecule has 0 aromatic heterocycles. The minimum absolute atomic E-state index is 0.0705. The van der Waals surface area contributed by atoms with E-state index < -0.39 is 11.9 Å². The van der Waals surface area contributed by atoms with E-state index in [0.29, 0.717) is 28.0 Å². The van der Waals surface area contributed by atoms with Gasteiger partial charge in [-0.05, 0) is 17.7 Å². The van der Waals surface area contributed by atoms with E-state index in [-0.39, 0.29) is 23.9 Å². The number of dihydropyridines is 1. The van der Waals surface area contributed by atoms with Crippen LogP contribution in [0.25, 0.3) is 0 Å². The molecule has 1 aliphatic carbocycles. The first-order valence-corrected chi connectivity index (χ1v) is 9.21. The third-order valence-electron chi connectivity index (χ3n) is 5.11. The lowest BCUT2D eigenvalue weighted by Crippen LogP contribution is -2.37. The molecule has 0 spiro atoms. The number of fused-ring (bicyclic) bond motifs is 1. The van der Waals surface area contributed by atoms with E-state index in [4.69, 9.17) is 4.74 Å². The number of hydrogen-bond acceptors (Lipinski definition) is 5. The molecular formula is C21H12BrNO4. The van der Waals surface area contributed by atoms with E-state index in [1.165, 1.54) is 0 Å². The Morgan fingerprint density at radius 2 is 1.56 bits per heavy atom. The van der Waals surface area contributed by atoms with Crippen molar-refractivity contribution in [1.29, 1.82) is 0 Å². The Labute approximate surface area is 162 Å². The van der Waals surface area contributed by atoms with Gasteiger partial charge in [-0.15, -0.1) is 0 Å². The number of benzene rings is 2. The molecule has 0 radical (unpaired) electrons. The summed E-state index contributed by atoms with van der Waals surface area (Å²) >= 11 is 3.40. The molecule has 2 aromatic carbocycles. The number of ether oxygens (including phenoxy) is 1. The fourth-order valence-corrected chi connectivity index (χ4v) is 4.15. The molecular weight excluding hydrogens is 410 g/mol. The summed E-state index contributed by atoms with van der Waals surface area (Å²) in [6, 6.07) is 14.2. The van der Waals surface area contributed by atoms with E-state index in [0.717, 1.165) is 10.0 Å². The number of Topliss-reactive ketones (excluding diaryl/α,β-unsaturated/α-hetero) is 2. The fraction of sp³-hybridized carbons (Fsp3) is 0.0952. The number of hydrogen-bond donors (Lipinski definition) is 1. The van der Waals surface area contributed by atoms with Crippen molar-refractivity contribution in [2.75, 3.05) is 6.61 Å². The summed E-state index contributed by atoms with van der Waals surface area (Å²) in [7, 11) is 0. The van der Waals surface area contributed by atoms with E-state index in [2.05, 4.69) is 21.2 Å². The second-order valence-electron chi connectivity index (χ2n) is 6.57. The number of rotatable bonds is 1. The highest BCUT2D eigenvalue weighted by Gasteiger charge is 2.46. The zero-order valence-corrected chi connectivity index (χ0v) is 15.5. The molecule has 3 aliphatic rings. The molecule has 2 aromatic rings. The van der Waals surface area contributed by atoms with Gasteiger partial charge >= 0.3 is 5.97 Å². The van der Waals surface area contributed by atoms with Crippen LogP contribution >= 0.6 is 15.9 Å². The smallest absolute Gasteiger partial charge is 0.337 e. The normalized spacial score (nSPS) is 20.8. The first-order valence-electron chi connectivity index (χ1n) is 8.41. The Kier molecular flexibility index (Phi) is 3.45. The Morgan fingerprint density at radius 3 is 2.26 bits per heavy atom. The summed E-state index contributed by atoms with van der Waals surface area (Å²) < 4.78 is 6.08. The first-order chi connectivity index (χ1) is 13.1. The highest BCUT2D eigenvalue weighted by atomic mass is 79.9. The van der Waals surface area contributed by atoms with E-state index in [9.17, 15) is 14.4 Å². The molecule has 5 rings (SSSR count). The topological polar surface area (TPSA) is 72.5 Å². The van der Waals surface area contributed by atoms with Crippen molar-refractivity contribution in [3.8, 4) is 0 Å². The van der Waals surface area contributed by atoms with Crippen molar-refractivity contribution in [1.82, 2.24) is 5.32 Å². The van der Waals surface area contributed by atoms with Crippen LogP contribution in [-0.2, 0) is 9.53 Å². The number of halogens is 1. The van der Waals surface area contributed by atoms with Gasteiger partial charge in [-0.3, -0.25) is 9.59 Å². The molecule has 0 amide bonds. The summed E-state index contributed by atoms with van der Waals surface area (Å²) in [6.45, 7) is 0.0705. The second-order valence-corrected chi connectivity index (χ2v) is 7.49. The lowest BCUT2D eigenvalue weighted by Gasteiger charge is -2.31. The monoisotopic (exact) mass is 421 g/mol. The maximum atomic E-state index is 13.3. The van der Waals surface area contributed by atoms with Gasteiger partial charge in [0.25, 0.3) is 0 Å². The third kappa shape index (κ3) is 2.26. The number of ketones is 2. The molecule has 2 aliphatic heterocycles. The highest BCUT2D eigenvalue weighted by molar-refractivity contribution is 9.10. The molecule has 0 saturated carbocycles. The first kappa shape index (κ1) is 16.2. The maximum absolute atomic E-state index is 13.3. The van der Waals surface area contributed by atoms with Gasteiger partial charge in [0.05, 0.1) is 17.0 Å². The minimum Gasteiger partial charge on any atom is -0.456 e. The summed E-state index contributed by atoms with van der Waals surface area (Å²) in [4.78, 5) is 38.8. The Hall–Kier alpha value is -2.99. The van der Waals surface area contributed by atoms with E-state index in [1.807, 2.05) is 24.3 Å². The molecule has 0 bridgehead atoms. The molecule has 132 valence electrons. The van der Waals surface area contributed by atoms with Crippen LogP contribution in [-0.4, -0.2) is 24.1 Å². The molecule has 0 fully saturated rings. The van der Waals surface area contributed by atoms with Crippen LogP contribution in [0.3, 0.4) is 0 Å². The van der Waals surface area contributed by atoms with Crippen LogP contribution in [0.15, 0.2) is 75.5 Å². The average molecular weight is 422 g/mol. The van der Waals surface area contributed by atoms with Crippen LogP contribution in [0.2, 0.25) is 0 Å². The lowest BCUT2D eigenvalue weighted by molar-refractivity contribution is -0.136. The van der Waals surface area contributed by atoms with Crippen molar-refractivity contribution >= 4 is 33.5 Å². The third-order valence-corrected chi connectivity index (χ3v) is 5.64. The van der Waals surface area contributed by atoms with Crippen molar-refractivity contribution in [3.05, 3.63) is 92.2 Å². The number of cyclic esters (lactones) is 1. The number of esters is 1. The Balaban J connectivity index is 1.76.